The van der Waals surface area contributed by atoms with Gasteiger partial charge in [-0.1, -0.05) is 12.1 Å². The van der Waals surface area contributed by atoms with Gasteiger partial charge in [0.25, 0.3) is 0 Å². The molecule has 134 valence electrons. The molecule has 1 unspecified atom stereocenters. The first kappa shape index (κ1) is 17.2. The number of carbonyl (C=O) groups is 1. The zero-order chi connectivity index (χ0) is 18.0. The average molecular weight is 356 g/mol. The highest BCUT2D eigenvalue weighted by Crippen LogP contribution is 2.29. The molecule has 0 aromatic carbocycles. The Balaban J connectivity index is 1.63. The molecule has 0 aliphatic carbocycles. The van der Waals surface area contributed by atoms with Crippen molar-refractivity contribution in [1.29, 1.82) is 0 Å². The highest BCUT2D eigenvalue weighted by Gasteiger charge is 2.38. The molecule has 2 aromatic rings. The summed E-state index contributed by atoms with van der Waals surface area (Å²) in [6.45, 7) is 2.94. The van der Waals surface area contributed by atoms with Gasteiger partial charge in [-0.3, -0.25) is 4.79 Å². The molecular weight excluding hydrogens is 341 g/mol. The smallest absolute Gasteiger partial charge is 0.471 e. The van der Waals surface area contributed by atoms with Crippen LogP contribution >= 0.6 is 0 Å². The van der Waals surface area contributed by atoms with Gasteiger partial charge in [0, 0.05) is 37.2 Å². The lowest BCUT2D eigenvalue weighted by Crippen LogP contribution is -2.30. The van der Waals surface area contributed by atoms with Gasteiger partial charge in [-0.15, -0.1) is 0 Å². The molecule has 1 aliphatic rings. The molecule has 0 bridgehead atoms. The standard InChI is InChI=1S/C15H15F3N4O3/c1-2-12(23)22-6-5-10(8-22)24-11-4-3-9(7-19-11)13-20-14(25-21-13)15(16,17)18/h3-4,7,10H,2,5-6,8H2,1H3. The van der Waals surface area contributed by atoms with Crippen molar-refractivity contribution in [3.63, 3.8) is 0 Å². The van der Waals surface area contributed by atoms with E-state index in [0.29, 0.717) is 31.8 Å². The van der Waals surface area contributed by atoms with Gasteiger partial charge in [-0.2, -0.15) is 18.2 Å². The maximum Gasteiger partial charge on any atom is 0.471 e. The lowest BCUT2D eigenvalue weighted by atomic mass is 10.2. The molecule has 3 rings (SSSR count). The third-order valence-electron chi connectivity index (χ3n) is 3.75. The van der Waals surface area contributed by atoms with Crippen LogP contribution in [0.1, 0.15) is 25.7 Å². The van der Waals surface area contributed by atoms with Crippen LogP contribution in [0.25, 0.3) is 11.4 Å². The lowest BCUT2D eigenvalue weighted by Gasteiger charge is -2.16. The van der Waals surface area contributed by atoms with E-state index in [9.17, 15) is 18.0 Å². The minimum Gasteiger partial charge on any atom is -0.472 e. The summed E-state index contributed by atoms with van der Waals surface area (Å²) in [7, 11) is 0. The number of aromatic nitrogens is 3. The minimum atomic E-state index is -4.69. The Morgan fingerprint density at radius 2 is 2.24 bits per heavy atom. The molecule has 25 heavy (non-hydrogen) atoms. The Labute approximate surface area is 140 Å². The topological polar surface area (TPSA) is 81.4 Å². The summed E-state index contributed by atoms with van der Waals surface area (Å²) in [5.74, 6) is -1.22. The van der Waals surface area contributed by atoms with Crippen LogP contribution < -0.4 is 4.74 Å². The number of nitrogens with zero attached hydrogens (tertiary/aromatic N) is 4. The molecule has 0 spiro atoms. The molecule has 1 saturated heterocycles. The Bertz CT molecular complexity index is 745. The molecule has 7 nitrogen and oxygen atoms in total. The van der Waals surface area contributed by atoms with Crippen molar-refractivity contribution in [2.24, 2.45) is 0 Å². The molecule has 3 heterocycles. The quantitative estimate of drug-likeness (QED) is 0.837. The van der Waals surface area contributed by atoms with Crippen LogP contribution in [0, 0.1) is 0 Å². The first-order valence-electron chi connectivity index (χ1n) is 7.68. The molecule has 1 aliphatic heterocycles. The van der Waals surface area contributed by atoms with Gasteiger partial charge < -0.3 is 14.2 Å². The predicted molar refractivity (Wildman–Crippen MR) is 78.4 cm³/mol. The fourth-order valence-electron chi connectivity index (χ4n) is 2.48. The normalized spacial score (nSPS) is 17.8. The van der Waals surface area contributed by atoms with Gasteiger partial charge in [0.15, 0.2) is 0 Å². The monoisotopic (exact) mass is 356 g/mol. The lowest BCUT2D eigenvalue weighted by molar-refractivity contribution is -0.159. The van der Waals surface area contributed by atoms with Gasteiger partial charge >= 0.3 is 12.1 Å². The van der Waals surface area contributed by atoms with E-state index >= 15 is 0 Å². The Hall–Kier alpha value is -2.65. The number of alkyl halides is 3. The van der Waals surface area contributed by atoms with E-state index in [1.165, 1.54) is 18.3 Å². The van der Waals surface area contributed by atoms with Crippen LogP contribution in [0.3, 0.4) is 0 Å². The maximum absolute atomic E-state index is 12.5. The Morgan fingerprint density at radius 1 is 1.44 bits per heavy atom. The molecule has 0 N–H and O–H groups in total. The van der Waals surface area contributed by atoms with Crippen molar-refractivity contribution in [2.75, 3.05) is 13.1 Å². The third kappa shape index (κ3) is 3.89. The van der Waals surface area contributed by atoms with Crippen molar-refractivity contribution in [2.45, 2.75) is 32.0 Å². The fourth-order valence-corrected chi connectivity index (χ4v) is 2.48. The third-order valence-corrected chi connectivity index (χ3v) is 3.75. The molecule has 10 heteroatoms. The predicted octanol–water partition coefficient (Wildman–Crippen LogP) is 2.54. The Kier molecular flexibility index (Phi) is 4.60. The van der Waals surface area contributed by atoms with E-state index in [2.05, 4.69) is 19.6 Å². The number of amides is 1. The van der Waals surface area contributed by atoms with Crippen LogP contribution in [-0.2, 0) is 11.0 Å². The second-order valence-electron chi connectivity index (χ2n) is 5.53. The van der Waals surface area contributed by atoms with E-state index in [1.54, 1.807) is 11.8 Å². The van der Waals surface area contributed by atoms with Crippen LogP contribution in [0.5, 0.6) is 5.88 Å². The number of halogens is 3. The zero-order valence-corrected chi connectivity index (χ0v) is 13.3. The van der Waals surface area contributed by atoms with Gasteiger partial charge in [0.1, 0.15) is 6.10 Å². The van der Waals surface area contributed by atoms with Crippen LogP contribution in [0.2, 0.25) is 0 Å². The average Bonchev–Trinajstić information content (AvgIpc) is 3.24. The van der Waals surface area contributed by atoms with Gasteiger partial charge in [-0.25, -0.2) is 4.98 Å². The summed E-state index contributed by atoms with van der Waals surface area (Å²) in [4.78, 5) is 20.7. The van der Waals surface area contributed by atoms with Crippen molar-refractivity contribution in [1.82, 2.24) is 20.0 Å². The maximum atomic E-state index is 12.5. The van der Waals surface area contributed by atoms with Gasteiger partial charge in [0.05, 0.1) is 6.54 Å². The zero-order valence-electron chi connectivity index (χ0n) is 13.3. The SMILES string of the molecule is CCC(=O)N1CCC(Oc2ccc(-c3noc(C(F)(F)F)n3)cn2)C1. The summed E-state index contributed by atoms with van der Waals surface area (Å²) < 4.78 is 47.3. The van der Waals surface area contributed by atoms with E-state index < -0.39 is 12.1 Å². The van der Waals surface area contributed by atoms with E-state index in [1.807, 2.05) is 0 Å². The highest BCUT2D eigenvalue weighted by molar-refractivity contribution is 5.76. The fraction of sp³-hybridized carbons (Fsp3) is 0.467. The first-order chi connectivity index (χ1) is 11.9. The van der Waals surface area contributed by atoms with Crippen molar-refractivity contribution in [3.05, 3.63) is 24.2 Å². The molecular formula is C15H15F3N4O3. The molecule has 0 radical (unpaired) electrons. The summed E-state index contributed by atoms with van der Waals surface area (Å²) in [5.41, 5.74) is 0.279. The number of ether oxygens (including phenoxy) is 1. The van der Waals surface area contributed by atoms with E-state index in [-0.39, 0.29) is 23.4 Å². The summed E-state index contributed by atoms with van der Waals surface area (Å²) >= 11 is 0. The highest BCUT2D eigenvalue weighted by atomic mass is 19.4. The Morgan fingerprint density at radius 3 is 2.84 bits per heavy atom. The number of carbonyl (C=O) groups excluding carboxylic acids is 1. The van der Waals surface area contributed by atoms with Crippen LogP contribution in [0.4, 0.5) is 13.2 Å². The van der Waals surface area contributed by atoms with Crippen molar-refractivity contribution >= 4 is 5.91 Å². The number of likely N-dealkylation sites (tertiary alicyclic amines) is 1. The molecule has 1 fully saturated rings. The molecule has 1 atom stereocenters. The van der Waals surface area contributed by atoms with Crippen LogP contribution in [0.15, 0.2) is 22.9 Å². The van der Waals surface area contributed by atoms with Gasteiger partial charge in [0.2, 0.25) is 17.6 Å². The molecule has 0 saturated carbocycles. The largest absolute Gasteiger partial charge is 0.472 e. The minimum absolute atomic E-state index is 0.0759. The van der Waals surface area contributed by atoms with E-state index in [4.69, 9.17) is 4.74 Å². The summed E-state index contributed by atoms with van der Waals surface area (Å²) in [5, 5.41) is 3.29. The molecule has 1 amide bonds. The second kappa shape index (κ2) is 6.69. The van der Waals surface area contributed by atoms with Gasteiger partial charge in [-0.05, 0) is 6.07 Å². The van der Waals surface area contributed by atoms with Crippen molar-refractivity contribution in [3.8, 4) is 17.3 Å². The number of pyridine rings is 1. The number of hydrogen-bond donors (Lipinski definition) is 0. The summed E-state index contributed by atoms with van der Waals surface area (Å²) in [6, 6.07) is 3.01. The number of rotatable bonds is 4. The van der Waals surface area contributed by atoms with Crippen LogP contribution in [-0.4, -0.2) is 45.1 Å². The second-order valence-corrected chi connectivity index (χ2v) is 5.53. The number of hydrogen-bond acceptors (Lipinski definition) is 6. The van der Waals surface area contributed by atoms with E-state index in [0.717, 1.165) is 0 Å². The first-order valence-corrected chi connectivity index (χ1v) is 7.68. The van der Waals surface area contributed by atoms with Crippen molar-refractivity contribution < 1.29 is 27.2 Å². The summed E-state index contributed by atoms with van der Waals surface area (Å²) in [6.07, 6.45) is -2.38. The molecule has 2 aromatic heterocycles.